The molecule has 0 aliphatic carbocycles. The number of aromatic carboxylic acids is 1. The molecule has 2 aromatic rings. The van der Waals surface area contributed by atoms with Crippen LogP contribution in [0.1, 0.15) is 10.4 Å². The summed E-state index contributed by atoms with van der Waals surface area (Å²) < 4.78 is 5.48. The molecule has 0 aliphatic rings. The zero-order valence-corrected chi connectivity index (χ0v) is 10.6. The number of carboxylic acid groups (broad SMARTS) is 1. The number of hydrogen-bond donors (Lipinski definition) is 1. The smallest absolute Gasteiger partial charge is 0.341 e. The summed E-state index contributed by atoms with van der Waals surface area (Å²) in [7, 11) is 3.81. The molecule has 0 unspecified atom stereocenters. The summed E-state index contributed by atoms with van der Waals surface area (Å²) in [6.07, 6.45) is 1.31. The van der Waals surface area contributed by atoms with Gasteiger partial charge in [-0.15, -0.1) is 5.10 Å². The zero-order chi connectivity index (χ0) is 13.8. The fourth-order valence-electron chi connectivity index (χ4n) is 1.49. The van der Waals surface area contributed by atoms with Crippen molar-refractivity contribution in [3.8, 4) is 11.6 Å². The van der Waals surface area contributed by atoms with Crippen molar-refractivity contribution < 1.29 is 14.6 Å². The first-order chi connectivity index (χ1) is 9.08. The molecule has 19 heavy (non-hydrogen) atoms. The van der Waals surface area contributed by atoms with E-state index in [1.807, 2.05) is 31.1 Å². The average Bonchev–Trinajstić information content (AvgIpc) is 2.39. The molecular weight excluding hydrogens is 246 g/mol. The minimum atomic E-state index is -1.10. The van der Waals surface area contributed by atoms with Gasteiger partial charge >= 0.3 is 5.97 Å². The lowest BCUT2D eigenvalue weighted by atomic mass is 10.3. The van der Waals surface area contributed by atoms with Crippen LogP contribution >= 0.6 is 0 Å². The maximum atomic E-state index is 11.0. The quantitative estimate of drug-likeness (QED) is 0.905. The molecule has 0 fully saturated rings. The molecule has 98 valence electrons. The molecule has 0 amide bonds. The fourth-order valence-corrected chi connectivity index (χ4v) is 1.49. The number of carboxylic acids is 1. The van der Waals surface area contributed by atoms with Crippen molar-refractivity contribution >= 4 is 11.7 Å². The molecule has 1 aromatic heterocycles. The van der Waals surface area contributed by atoms with Gasteiger partial charge in [0.05, 0.1) is 6.20 Å². The Balaban J connectivity index is 2.31. The van der Waals surface area contributed by atoms with Gasteiger partial charge < -0.3 is 14.7 Å². The molecule has 6 heteroatoms. The Morgan fingerprint density at radius 3 is 2.79 bits per heavy atom. The second-order valence-electron chi connectivity index (χ2n) is 4.05. The van der Waals surface area contributed by atoms with Crippen molar-refractivity contribution in [3.63, 3.8) is 0 Å². The van der Waals surface area contributed by atoms with Crippen LogP contribution in [0.2, 0.25) is 0 Å². The van der Waals surface area contributed by atoms with Crippen LogP contribution in [0.3, 0.4) is 0 Å². The van der Waals surface area contributed by atoms with E-state index in [1.54, 1.807) is 12.1 Å². The maximum absolute atomic E-state index is 11.0. The highest BCUT2D eigenvalue weighted by molar-refractivity contribution is 5.90. The van der Waals surface area contributed by atoms with Crippen LogP contribution in [0.25, 0.3) is 0 Å². The minimum Gasteiger partial charge on any atom is -0.477 e. The van der Waals surface area contributed by atoms with E-state index < -0.39 is 5.97 Å². The number of rotatable bonds is 4. The van der Waals surface area contributed by atoms with Crippen LogP contribution in [0.4, 0.5) is 5.69 Å². The molecule has 0 saturated heterocycles. The van der Waals surface area contributed by atoms with Gasteiger partial charge in [0, 0.05) is 25.8 Å². The topological polar surface area (TPSA) is 75.5 Å². The highest BCUT2D eigenvalue weighted by atomic mass is 16.5. The molecule has 0 atom stereocenters. The van der Waals surface area contributed by atoms with Gasteiger partial charge in [0.1, 0.15) is 11.3 Å². The summed E-state index contributed by atoms with van der Waals surface area (Å²) in [6, 6.07) is 8.61. The van der Waals surface area contributed by atoms with Crippen LogP contribution in [0, 0.1) is 0 Å². The summed E-state index contributed by atoms with van der Waals surface area (Å²) in [5.41, 5.74) is 0.920. The van der Waals surface area contributed by atoms with E-state index in [4.69, 9.17) is 9.84 Å². The van der Waals surface area contributed by atoms with E-state index in [0.29, 0.717) is 5.75 Å². The van der Waals surface area contributed by atoms with Crippen molar-refractivity contribution in [1.29, 1.82) is 0 Å². The first kappa shape index (κ1) is 12.8. The molecule has 1 aromatic carbocycles. The van der Waals surface area contributed by atoms with Gasteiger partial charge in [0.15, 0.2) is 0 Å². The highest BCUT2D eigenvalue weighted by Gasteiger charge is 2.13. The number of nitrogens with zero attached hydrogens (tertiary/aromatic N) is 3. The highest BCUT2D eigenvalue weighted by Crippen LogP contribution is 2.25. The van der Waals surface area contributed by atoms with Crippen molar-refractivity contribution in [2.45, 2.75) is 0 Å². The summed E-state index contributed by atoms with van der Waals surface area (Å²) in [4.78, 5) is 12.9. The third kappa shape index (κ3) is 2.98. The van der Waals surface area contributed by atoms with Gasteiger partial charge in [0.2, 0.25) is 0 Å². The second-order valence-corrected chi connectivity index (χ2v) is 4.05. The van der Waals surface area contributed by atoms with Crippen LogP contribution in [-0.2, 0) is 0 Å². The Morgan fingerprint density at radius 1 is 1.32 bits per heavy atom. The Hall–Kier alpha value is -2.63. The Morgan fingerprint density at radius 2 is 2.11 bits per heavy atom. The van der Waals surface area contributed by atoms with Gasteiger partial charge in [-0.1, -0.05) is 6.07 Å². The predicted molar refractivity (Wildman–Crippen MR) is 69.8 cm³/mol. The van der Waals surface area contributed by atoms with Crippen molar-refractivity contribution in [2.24, 2.45) is 0 Å². The standard InChI is InChI=1S/C13H13N3O3/c1-16(2)9-4-3-5-10(8-9)19-12-11(13(17)18)6-7-14-15-12/h3-8H,1-2H3,(H,17,18). The summed E-state index contributed by atoms with van der Waals surface area (Å²) in [5.74, 6) is -0.617. The zero-order valence-electron chi connectivity index (χ0n) is 10.6. The van der Waals surface area contributed by atoms with Crippen LogP contribution in [0.15, 0.2) is 36.5 Å². The van der Waals surface area contributed by atoms with Gasteiger partial charge in [-0.05, 0) is 18.2 Å². The van der Waals surface area contributed by atoms with Crippen LogP contribution < -0.4 is 9.64 Å². The number of carbonyl (C=O) groups is 1. The first-order valence-corrected chi connectivity index (χ1v) is 5.58. The molecule has 0 aliphatic heterocycles. The normalized spacial score (nSPS) is 10.0. The molecule has 0 bridgehead atoms. The monoisotopic (exact) mass is 259 g/mol. The summed E-state index contributed by atoms with van der Waals surface area (Å²) >= 11 is 0. The number of aromatic nitrogens is 2. The van der Waals surface area contributed by atoms with Gasteiger partial charge in [-0.3, -0.25) is 0 Å². The number of anilines is 1. The van der Waals surface area contributed by atoms with Gasteiger partial charge in [0.25, 0.3) is 5.88 Å². The first-order valence-electron chi connectivity index (χ1n) is 5.58. The fraction of sp³-hybridized carbons (Fsp3) is 0.154. The van der Waals surface area contributed by atoms with E-state index in [9.17, 15) is 4.79 Å². The third-order valence-electron chi connectivity index (χ3n) is 2.47. The molecule has 1 heterocycles. The predicted octanol–water partition coefficient (Wildman–Crippen LogP) is 2.03. The molecule has 0 radical (unpaired) electrons. The SMILES string of the molecule is CN(C)c1cccc(Oc2nnccc2C(=O)O)c1. The lowest BCUT2D eigenvalue weighted by molar-refractivity contribution is 0.0693. The molecular formula is C13H13N3O3. The second kappa shape index (κ2) is 5.34. The molecule has 0 spiro atoms. The van der Waals surface area contributed by atoms with Crippen molar-refractivity contribution in [2.75, 3.05) is 19.0 Å². The van der Waals surface area contributed by atoms with Crippen molar-refractivity contribution in [3.05, 3.63) is 42.1 Å². The number of hydrogen-bond acceptors (Lipinski definition) is 5. The third-order valence-corrected chi connectivity index (χ3v) is 2.47. The molecule has 1 N–H and O–H groups in total. The van der Waals surface area contributed by atoms with E-state index in [0.717, 1.165) is 5.69 Å². The largest absolute Gasteiger partial charge is 0.477 e. The summed E-state index contributed by atoms with van der Waals surface area (Å²) in [6.45, 7) is 0. The van der Waals surface area contributed by atoms with Crippen LogP contribution in [0.5, 0.6) is 11.6 Å². The lowest BCUT2D eigenvalue weighted by Gasteiger charge is -2.13. The lowest BCUT2D eigenvalue weighted by Crippen LogP contribution is -2.08. The van der Waals surface area contributed by atoms with E-state index >= 15 is 0 Å². The molecule has 2 rings (SSSR count). The summed E-state index contributed by atoms with van der Waals surface area (Å²) in [5, 5.41) is 16.4. The average molecular weight is 259 g/mol. The molecule has 0 saturated carbocycles. The van der Waals surface area contributed by atoms with Crippen molar-refractivity contribution in [1.82, 2.24) is 10.2 Å². The van der Waals surface area contributed by atoms with Gasteiger partial charge in [-0.2, -0.15) is 5.10 Å². The van der Waals surface area contributed by atoms with E-state index in [2.05, 4.69) is 10.2 Å². The molecule has 6 nitrogen and oxygen atoms in total. The van der Waals surface area contributed by atoms with E-state index in [-0.39, 0.29) is 11.4 Å². The Labute approximate surface area is 110 Å². The van der Waals surface area contributed by atoms with E-state index in [1.165, 1.54) is 12.3 Å². The Bertz CT molecular complexity index is 599. The maximum Gasteiger partial charge on any atom is 0.341 e. The van der Waals surface area contributed by atoms with Crippen LogP contribution in [-0.4, -0.2) is 35.4 Å². The Kier molecular flexibility index (Phi) is 3.61. The van der Waals surface area contributed by atoms with Gasteiger partial charge in [-0.25, -0.2) is 4.79 Å². The minimum absolute atomic E-state index is 0.0223. The number of benzene rings is 1. The number of ether oxygens (including phenoxy) is 1.